The fourth-order valence-corrected chi connectivity index (χ4v) is 3.28. The van der Waals surface area contributed by atoms with Gasteiger partial charge in [-0.3, -0.25) is 0 Å². The van der Waals surface area contributed by atoms with Crippen molar-refractivity contribution in [2.75, 3.05) is 5.73 Å². The van der Waals surface area contributed by atoms with Crippen molar-refractivity contribution >= 4 is 27.2 Å². The average Bonchev–Trinajstić information content (AvgIpc) is 2.93. The highest BCUT2D eigenvalue weighted by Crippen LogP contribution is 2.37. The van der Waals surface area contributed by atoms with E-state index in [1.807, 2.05) is 12.1 Å². The van der Waals surface area contributed by atoms with Gasteiger partial charge in [-0.05, 0) is 29.9 Å². The maximum absolute atomic E-state index is 5.92. The van der Waals surface area contributed by atoms with Crippen molar-refractivity contribution in [2.24, 2.45) is 5.92 Å². The summed E-state index contributed by atoms with van der Waals surface area (Å²) in [4.78, 5) is 1.10. The van der Waals surface area contributed by atoms with Crippen molar-refractivity contribution in [3.8, 4) is 10.6 Å². The minimum absolute atomic E-state index is 0.515. The summed E-state index contributed by atoms with van der Waals surface area (Å²) < 4.78 is 6.70. The van der Waals surface area contributed by atoms with Gasteiger partial charge in [-0.2, -0.15) is 0 Å². The third-order valence-corrected chi connectivity index (χ3v) is 4.20. The van der Waals surface area contributed by atoms with E-state index in [1.165, 1.54) is 10.1 Å². The SMILES string of the molecule is CC(C)Cc1c(N)noc1-c1cc2ccccc2s1. The van der Waals surface area contributed by atoms with Crippen LogP contribution in [0.3, 0.4) is 0 Å². The summed E-state index contributed by atoms with van der Waals surface area (Å²) in [5, 5.41) is 5.16. The van der Waals surface area contributed by atoms with Crippen LogP contribution in [0, 0.1) is 5.92 Å². The molecule has 0 saturated carbocycles. The van der Waals surface area contributed by atoms with Gasteiger partial charge in [-0.15, -0.1) is 11.3 Å². The zero-order valence-corrected chi connectivity index (χ0v) is 11.8. The quantitative estimate of drug-likeness (QED) is 0.771. The van der Waals surface area contributed by atoms with Gasteiger partial charge < -0.3 is 10.3 Å². The fourth-order valence-electron chi connectivity index (χ4n) is 2.21. The van der Waals surface area contributed by atoms with Crippen LogP contribution in [0.1, 0.15) is 19.4 Å². The van der Waals surface area contributed by atoms with Gasteiger partial charge >= 0.3 is 0 Å². The largest absolute Gasteiger partial charge is 0.381 e. The van der Waals surface area contributed by atoms with Crippen molar-refractivity contribution in [2.45, 2.75) is 20.3 Å². The predicted molar refractivity (Wildman–Crippen MR) is 80.3 cm³/mol. The Balaban J connectivity index is 2.10. The number of rotatable bonds is 3. The number of nitrogens with two attached hydrogens (primary N) is 1. The maximum Gasteiger partial charge on any atom is 0.182 e. The molecule has 4 heteroatoms. The van der Waals surface area contributed by atoms with E-state index in [0.717, 1.165) is 22.6 Å². The number of aromatic nitrogens is 1. The molecule has 0 aliphatic carbocycles. The maximum atomic E-state index is 5.92. The van der Waals surface area contributed by atoms with Gasteiger partial charge in [0, 0.05) is 10.3 Å². The fraction of sp³-hybridized carbons (Fsp3) is 0.267. The van der Waals surface area contributed by atoms with Gasteiger partial charge in [0.1, 0.15) is 0 Å². The molecule has 0 atom stereocenters. The summed E-state index contributed by atoms with van der Waals surface area (Å²) in [6.45, 7) is 4.34. The minimum atomic E-state index is 0.515. The van der Waals surface area contributed by atoms with Crippen LogP contribution >= 0.6 is 11.3 Å². The molecule has 3 nitrogen and oxygen atoms in total. The Kier molecular flexibility index (Phi) is 3.03. The van der Waals surface area contributed by atoms with Gasteiger partial charge in [-0.1, -0.05) is 37.2 Å². The van der Waals surface area contributed by atoms with Gasteiger partial charge in [0.05, 0.1) is 4.88 Å². The average molecular weight is 272 g/mol. The number of nitrogen functional groups attached to an aromatic ring is 1. The Hall–Kier alpha value is -1.81. The van der Waals surface area contributed by atoms with E-state index in [2.05, 4.69) is 37.2 Å². The van der Waals surface area contributed by atoms with Crippen LogP contribution in [0.2, 0.25) is 0 Å². The van der Waals surface area contributed by atoms with E-state index < -0.39 is 0 Å². The summed E-state index contributed by atoms with van der Waals surface area (Å²) in [6, 6.07) is 10.5. The first-order valence-corrected chi connectivity index (χ1v) is 7.19. The first-order valence-electron chi connectivity index (χ1n) is 6.38. The third kappa shape index (κ3) is 2.24. The van der Waals surface area contributed by atoms with Crippen LogP contribution < -0.4 is 5.73 Å². The van der Waals surface area contributed by atoms with Crippen molar-refractivity contribution in [3.05, 3.63) is 35.9 Å². The molecule has 2 heterocycles. The van der Waals surface area contributed by atoms with Gasteiger partial charge in [0.15, 0.2) is 11.6 Å². The van der Waals surface area contributed by atoms with Gasteiger partial charge in [-0.25, -0.2) is 0 Å². The van der Waals surface area contributed by atoms with Crippen molar-refractivity contribution < 1.29 is 4.52 Å². The normalized spacial score (nSPS) is 11.5. The molecule has 19 heavy (non-hydrogen) atoms. The lowest BCUT2D eigenvalue weighted by Crippen LogP contribution is -1.98. The summed E-state index contributed by atoms with van der Waals surface area (Å²) in [6.07, 6.45) is 0.888. The number of nitrogens with zero attached hydrogens (tertiary/aromatic N) is 1. The molecular weight excluding hydrogens is 256 g/mol. The molecule has 0 aliphatic heterocycles. The van der Waals surface area contributed by atoms with E-state index in [1.54, 1.807) is 11.3 Å². The molecule has 0 bridgehead atoms. The Morgan fingerprint density at radius 2 is 2.11 bits per heavy atom. The molecule has 0 amide bonds. The van der Waals surface area contributed by atoms with Crippen LogP contribution in [-0.2, 0) is 6.42 Å². The zero-order valence-electron chi connectivity index (χ0n) is 11.0. The molecule has 0 saturated heterocycles. The summed E-state index contributed by atoms with van der Waals surface area (Å²) in [5.74, 6) is 1.86. The first-order chi connectivity index (χ1) is 9.15. The molecule has 3 rings (SSSR count). The second kappa shape index (κ2) is 4.70. The standard InChI is InChI=1S/C15H16N2OS/c1-9(2)7-11-14(18-17-15(11)16)13-8-10-5-3-4-6-12(10)19-13/h3-6,8-9H,7H2,1-2H3,(H2,16,17). The lowest BCUT2D eigenvalue weighted by Gasteiger charge is -2.03. The molecular formula is C15H16N2OS. The van der Waals surface area contributed by atoms with E-state index in [9.17, 15) is 0 Å². The van der Waals surface area contributed by atoms with Crippen molar-refractivity contribution in [1.29, 1.82) is 0 Å². The smallest absolute Gasteiger partial charge is 0.182 e. The molecule has 3 aromatic rings. The highest BCUT2D eigenvalue weighted by Gasteiger charge is 2.18. The third-order valence-electron chi connectivity index (χ3n) is 3.08. The second-order valence-electron chi connectivity index (χ2n) is 5.12. The van der Waals surface area contributed by atoms with E-state index in [4.69, 9.17) is 10.3 Å². The number of hydrogen-bond acceptors (Lipinski definition) is 4. The van der Waals surface area contributed by atoms with E-state index in [0.29, 0.717) is 11.7 Å². The highest BCUT2D eigenvalue weighted by atomic mass is 32.1. The van der Waals surface area contributed by atoms with Crippen LogP contribution in [0.15, 0.2) is 34.9 Å². The van der Waals surface area contributed by atoms with Crippen LogP contribution in [-0.4, -0.2) is 5.16 Å². The molecule has 0 spiro atoms. The monoisotopic (exact) mass is 272 g/mol. The summed E-state index contributed by atoms with van der Waals surface area (Å²) in [5.41, 5.74) is 6.95. The number of hydrogen-bond donors (Lipinski definition) is 1. The number of benzene rings is 1. The van der Waals surface area contributed by atoms with Gasteiger partial charge in [0.25, 0.3) is 0 Å². The molecule has 2 N–H and O–H groups in total. The summed E-state index contributed by atoms with van der Waals surface area (Å²) >= 11 is 1.72. The first kappa shape index (κ1) is 12.2. The number of fused-ring (bicyclic) bond motifs is 1. The Morgan fingerprint density at radius 3 is 2.84 bits per heavy atom. The molecule has 98 valence electrons. The van der Waals surface area contributed by atoms with E-state index >= 15 is 0 Å². The molecule has 1 aromatic carbocycles. The minimum Gasteiger partial charge on any atom is -0.381 e. The molecule has 0 radical (unpaired) electrons. The molecule has 0 unspecified atom stereocenters. The topological polar surface area (TPSA) is 52.0 Å². The molecule has 0 fully saturated rings. The van der Waals surface area contributed by atoms with Crippen LogP contribution in [0.4, 0.5) is 5.82 Å². The lowest BCUT2D eigenvalue weighted by molar-refractivity contribution is 0.435. The Morgan fingerprint density at radius 1 is 1.32 bits per heavy atom. The van der Waals surface area contributed by atoms with Crippen molar-refractivity contribution in [1.82, 2.24) is 5.16 Å². The highest BCUT2D eigenvalue weighted by molar-refractivity contribution is 7.22. The summed E-state index contributed by atoms with van der Waals surface area (Å²) in [7, 11) is 0. The van der Waals surface area contributed by atoms with Gasteiger partial charge in [0.2, 0.25) is 0 Å². The second-order valence-corrected chi connectivity index (χ2v) is 6.21. The van der Waals surface area contributed by atoms with Crippen LogP contribution in [0.25, 0.3) is 20.7 Å². The Bertz CT molecular complexity index is 679. The molecule has 2 aromatic heterocycles. The number of anilines is 1. The van der Waals surface area contributed by atoms with E-state index in [-0.39, 0.29) is 0 Å². The van der Waals surface area contributed by atoms with Crippen LogP contribution in [0.5, 0.6) is 0 Å². The zero-order chi connectivity index (χ0) is 13.4. The lowest BCUT2D eigenvalue weighted by atomic mass is 10.0. The predicted octanol–water partition coefficient (Wildman–Crippen LogP) is 4.34. The van der Waals surface area contributed by atoms with Crippen molar-refractivity contribution in [3.63, 3.8) is 0 Å². The molecule has 0 aliphatic rings. The Labute approximate surface area is 116 Å². The number of thiophene rings is 1.